The summed E-state index contributed by atoms with van der Waals surface area (Å²) in [6.07, 6.45) is 3.80. The van der Waals surface area contributed by atoms with Crippen molar-refractivity contribution in [3.63, 3.8) is 0 Å². The van der Waals surface area contributed by atoms with Crippen molar-refractivity contribution >= 4 is 5.69 Å². The van der Waals surface area contributed by atoms with Gasteiger partial charge in [0.25, 0.3) is 0 Å². The minimum atomic E-state index is 0.352. The van der Waals surface area contributed by atoms with Gasteiger partial charge in [0.1, 0.15) is 11.5 Å². The Bertz CT molecular complexity index is 415. The minimum Gasteiger partial charge on any atom is -0.497 e. The molecule has 0 bridgehead atoms. The summed E-state index contributed by atoms with van der Waals surface area (Å²) in [7, 11) is 3.36. The van der Waals surface area contributed by atoms with Gasteiger partial charge in [0.15, 0.2) is 0 Å². The standard InChI is InChI=1S/C15H23NO2/c1-15(2)9-5-6-14(15)16-12-8-7-11(17-3)10-13(12)18-4/h7-8,10,14,16H,5-6,9H2,1-4H3. The average molecular weight is 249 g/mol. The van der Waals surface area contributed by atoms with Crippen LogP contribution in [0.3, 0.4) is 0 Å². The van der Waals surface area contributed by atoms with E-state index in [9.17, 15) is 0 Å². The van der Waals surface area contributed by atoms with Gasteiger partial charge in [0, 0.05) is 12.1 Å². The Kier molecular flexibility index (Phi) is 3.69. The molecule has 0 aliphatic heterocycles. The summed E-state index contributed by atoms with van der Waals surface area (Å²) in [4.78, 5) is 0. The highest BCUT2D eigenvalue weighted by Crippen LogP contribution is 2.40. The first-order valence-corrected chi connectivity index (χ1v) is 6.55. The Balaban J connectivity index is 2.18. The van der Waals surface area contributed by atoms with E-state index in [4.69, 9.17) is 9.47 Å². The molecule has 1 aliphatic rings. The first-order valence-electron chi connectivity index (χ1n) is 6.55. The predicted octanol–water partition coefficient (Wildman–Crippen LogP) is 3.69. The minimum absolute atomic E-state index is 0.352. The topological polar surface area (TPSA) is 30.5 Å². The lowest BCUT2D eigenvalue weighted by atomic mass is 9.87. The summed E-state index contributed by atoms with van der Waals surface area (Å²) in [6, 6.07) is 6.43. The Hall–Kier alpha value is -1.38. The fourth-order valence-corrected chi connectivity index (χ4v) is 2.70. The van der Waals surface area contributed by atoms with Crippen LogP contribution in [-0.2, 0) is 0 Å². The molecule has 3 heteroatoms. The summed E-state index contributed by atoms with van der Waals surface area (Å²) in [5, 5.41) is 3.62. The molecule has 18 heavy (non-hydrogen) atoms. The summed E-state index contributed by atoms with van der Waals surface area (Å²) in [6.45, 7) is 4.65. The molecule has 0 saturated heterocycles. The molecular formula is C15H23NO2. The van der Waals surface area contributed by atoms with E-state index in [1.165, 1.54) is 19.3 Å². The van der Waals surface area contributed by atoms with E-state index in [1.807, 2.05) is 18.2 Å². The molecule has 1 aromatic rings. The van der Waals surface area contributed by atoms with Gasteiger partial charge >= 0.3 is 0 Å². The first kappa shape index (κ1) is 13.1. The molecule has 1 atom stereocenters. The molecule has 2 rings (SSSR count). The van der Waals surface area contributed by atoms with Gasteiger partial charge in [0.2, 0.25) is 0 Å². The van der Waals surface area contributed by atoms with E-state index in [2.05, 4.69) is 19.2 Å². The highest BCUT2D eigenvalue weighted by molar-refractivity contribution is 5.60. The van der Waals surface area contributed by atoms with Gasteiger partial charge in [-0.25, -0.2) is 0 Å². The Morgan fingerprint density at radius 3 is 2.56 bits per heavy atom. The smallest absolute Gasteiger partial charge is 0.145 e. The second-order valence-corrected chi connectivity index (χ2v) is 5.64. The van der Waals surface area contributed by atoms with Gasteiger partial charge in [-0.15, -0.1) is 0 Å². The van der Waals surface area contributed by atoms with Crippen LogP contribution in [0.5, 0.6) is 11.5 Å². The summed E-state index contributed by atoms with van der Waals surface area (Å²) in [5.74, 6) is 1.67. The fraction of sp³-hybridized carbons (Fsp3) is 0.600. The molecule has 0 radical (unpaired) electrons. The number of benzene rings is 1. The van der Waals surface area contributed by atoms with Crippen LogP contribution in [0.25, 0.3) is 0 Å². The van der Waals surface area contributed by atoms with Crippen LogP contribution in [0.4, 0.5) is 5.69 Å². The molecule has 0 heterocycles. The molecule has 1 saturated carbocycles. The van der Waals surface area contributed by atoms with Crippen molar-refractivity contribution in [2.75, 3.05) is 19.5 Å². The number of nitrogens with one attached hydrogen (secondary N) is 1. The molecule has 1 aromatic carbocycles. The van der Waals surface area contributed by atoms with Crippen LogP contribution in [0.2, 0.25) is 0 Å². The lowest BCUT2D eigenvalue weighted by Gasteiger charge is -2.29. The third-order valence-corrected chi connectivity index (χ3v) is 4.00. The molecule has 1 unspecified atom stereocenters. The van der Waals surface area contributed by atoms with Crippen molar-refractivity contribution in [1.29, 1.82) is 0 Å². The zero-order chi connectivity index (χ0) is 13.2. The molecule has 100 valence electrons. The van der Waals surface area contributed by atoms with Crippen LogP contribution in [0, 0.1) is 5.41 Å². The molecule has 1 N–H and O–H groups in total. The van der Waals surface area contributed by atoms with E-state index in [1.54, 1.807) is 14.2 Å². The monoisotopic (exact) mass is 249 g/mol. The number of ether oxygens (including phenoxy) is 2. The summed E-state index contributed by atoms with van der Waals surface area (Å²) >= 11 is 0. The highest BCUT2D eigenvalue weighted by Gasteiger charge is 2.34. The third-order valence-electron chi connectivity index (χ3n) is 4.00. The average Bonchev–Trinajstić information content (AvgIpc) is 2.69. The maximum absolute atomic E-state index is 5.42. The van der Waals surface area contributed by atoms with Crippen LogP contribution in [0.1, 0.15) is 33.1 Å². The van der Waals surface area contributed by atoms with Crippen molar-refractivity contribution in [2.45, 2.75) is 39.2 Å². The Labute approximate surface area is 109 Å². The largest absolute Gasteiger partial charge is 0.497 e. The molecule has 0 spiro atoms. The van der Waals surface area contributed by atoms with Crippen LogP contribution < -0.4 is 14.8 Å². The van der Waals surface area contributed by atoms with E-state index >= 15 is 0 Å². The molecule has 0 amide bonds. The van der Waals surface area contributed by atoms with Crippen molar-refractivity contribution in [3.05, 3.63) is 18.2 Å². The van der Waals surface area contributed by atoms with E-state index < -0.39 is 0 Å². The number of methoxy groups -OCH3 is 2. The molecule has 0 aromatic heterocycles. The van der Waals surface area contributed by atoms with Gasteiger partial charge in [-0.05, 0) is 30.4 Å². The van der Waals surface area contributed by atoms with Crippen LogP contribution >= 0.6 is 0 Å². The summed E-state index contributed by atoms with van der Waals surface area (Å²) in [5.41, 5.74) is 1.41. The SMILES string of the molecule is COc1ccc(NC2CCCC2(C)C)c(OC)c1. The number of hydrogen-bond donors (Lipinski definition) is 1. The summed E-state index contributed by atoms with van der Waals surface area (Å²) < 4.78 is 10.6. The van der Waals surface area contributed by atoms with Crippen molar-refractivity contribution in [3.8, 4) is 11.5 Å². The number of rotatable bonds is 4. The number of anilines is 1. The molecule has 1 fully saturated rings. The first-order chi connectivity index (χ1) is 8.56. The molecule has 1 aliphatic carbocycles. The second kappa shape index (κ2) is 5.09. The fourth-order valence-electron chi connectivity index (χ4n) is 2.70. The van der Waals surface area contributed by atoms with Gasteiger partial charge < -0.3 is 14.8 Å². The van der Waals surface area contributed by atoms with Crippen LogP contribution in [0.15, 0.2) is 18.2 Å². The Morgan fingerprint density at radius 1 is 1.22 bits per heavy atom. The van der Waals surface area contributed by atoms with E-state index in [-0.39, 0.29) is 0 Å². The highest BCUT2D eigenvalue weighted by atomic mass is 16.5. The molecule has 3 nitrogen and oxygen atoms in total. The lowest BCUT2D eigenvalue weighted by molar-refractivity contribution is 0.347. The maximum atomic E-state index is 5.42. The maximum Gasteiger partial charge on any atom is 0.145 e. The molecular weight excluding hydrogens is 226 g/mol. The van der Waals surface area contributed by atoms with Crippen molar-refractivity contribution in [1.82, 2.24) is 0 Å². The zero-order valence-electron chi connectivity index (χ0n) is 11.7. The second-order valence-electron chi connectivity index (χ2n) is 5.64. The quantitative estimate of drug-likeness (QED) is 0.882. The normalized spacial score (nSPS) is 21.7. The van der Waals surface area contributed by atoms with Crippen molar-refractivity contribution < 1.29 is 9.47 Å². The zero-order valence-corrected chi connectivity index (χ0v) is 11.7. The number of hydrogen-bond acceptors (Lipinski definition) is 3. The van der Waals surface area contributed by atoms with Crippen LogP contribution in [-0.4, -0.2) is 20.3 Å². The van der Waals surface area contributed by atoms with Gasteiger partial charge in [-0.1, -0.05) is 20.3 Å². The van der Waals surface area contributed by atoms with E-state index in [0.717, 1.165) is 17.2 Å². The lowest BCUT2D eigenvalue weighted by Crippen LogP contribution is -2.30. The predicted molar refractivity (Wildman–Crippen MR) is 74.6 cm³/mol. The Morgan fingerprint density at radius 2 is 2.00 bits per heavy atom. The van der Waals surface area contributed by atoms with E-state index in [0.29, 0.717) is 11.5 Å². The van der Waals surface area contributed by atoms with Crippen molar-refractivity contribution in [2.24, 2.45) is 5.41 Å². The van der Waals surface area contributed by atoms with Gasteiger partial charge in [-0.2, -0.15) is 0 Å². The van der Waals surface area contributed by atoms with Gasteiger partial charge in [0.05, 0.1) is 19.9 Å². The van der Waals surface area contributed by atoms with Gasteiger partial charge in [-0.3, -0.25) is 0 Å². The third kappa shape index (κ3) is 2.55.